The SMILES string of the molecule is Cc1cc(C(=O)COC(=O)CC(C)(C)C)c(C)n1C1CCS(=O)(=O)C1. The first-order chi connectivity index (χ1) is 11.4. The van der Waals surface area contributed by atoms with Crippen LogP contribution in [0, 0.1) is 19.3 Å². The molecule has 0 saturated carbocycles. The molecule has 1 atom stereocenters. The Balaban J connectivity index is 2.09. The number of hydrogen-bond acceptors (Lipinski definition) is 5. The smallest absolute Gasteiger partial charge is 0.306 e. The van der Waals surface area contributed by atoms with Gasteiger partial charge in [-0.1, -0.05) is 20.8 Å². The van der Waals surface area contributed by atoms with Gasteiger partial charge in [0.1, 0.15) is 0 Å². The van der Waals surface area contributed by atoms with Crippen LogP contribution in [0.15, 0.2) is 6.07 Å². The van der Waals surface area contributed by atoms with Crippen molar-refractivity contribution in [2.75, 3.05) is 18.1 Å². The highest BCUT2D eigenvalue weighted by Crippen LogP contribution is 2.29. The lowest BCUT2D eigenvalue weighted by molar-refractivity contribution is -0.144. The first kappa shape index (κ1) is 19.7. The summed E-state index contributed by atoms with van der Waals surface area (Å²) in [5.74, 6) is -0.362. The van der Waals surface area contributed by atoms with E-state index in [0.29, 0.717) is 12.0 Å². The third kappa shape index (κ3) is 4.93. The Hall–Kier alpha value is -1.63. The van der Waals surface area contributed by atoms with Crippen LogP contribution in [0.4, 0.5) is 0 Å². The lowest BCUT2D eigenvalue weighted by Crippen LogP contribution is -2.20. The van der Waals surface area contributed by atoms with Crippen LogP contribution in [0.2, 0.25) is 0 Å². The fourth-order valence-electron chi connectivity index (χ4n) is 3.31. The van der Waals surface area contributed by atoms with Gasteiger partial charge in [-0.25, -0.2) is 8.42 Å². The van der Waals surface area contributed by atoms with E-state index in [-0.39, 0.29) is 41.8 Å². The molecule has 140 valence electrons. The lowest BCUT2D eigenvalue weighted by atomic mass is 9.92. The zero-order valence-corrected chi connectivity index (χ0v) is 16.4. The van der Waals surface area contributed by atoms with Gasteiger partial charge in [-0.3, -0.25) is 9.59 Å². The Morgan fingerprint density at radius 2 is 1.92 bits per heavy atom. The number of nitrogens with zero attached hydrogens (tertiary/aromatic N) is 1. The van der Waals surface area contributed by atoms with Gasteiger partial charge in [-0.15, -0.1) is 0 Å². The zero-order valence-electron chi connectivity index (χ0n) is 15.6. The number of aromatic nitrogens is 1. The number of ether oxygens (including phenoxy) is 1. The molecule has 0 radical (unpaired) electrons. The molecule has 1 aromatic heterocycles. The molecule has 0 aliphatic carbocycles. The van der Waals surface area contributed by atoms with Crippen molar-refractivity contribution < 1.29 is 22.7 Å². The average molecular weight is 369 g/mol. The molecule has 1 aliphatic heterocycles. The number of Topliss-reactive ketones (excluding diaryl/α,β-unsaturated/α-hetero) is 1. The topological polar surface area (TPSA) is 82.4 Å². The number of rotatable bonds is 5. The molecule has 0 spiro atoms. The highest BCUT2D eigenvalue weighted by Gasteiger charge is 2.31. The molecule has 2 heterocycles. The van der Waals surface area contributed by atoms with Crippen molar-refractivity contribution in [3.8, 4) is 0 Å². The van der Waals surface area contributed by atoms with E-state index >= 15 is 0 Å². The van der Waals surface area contributed by atoms with Crippen LogP contribution in [0.5, 0.6) is 0 Å². The second-order valence-electron chi connectivity index (χ2n) is 8.03. The minimum Gasteiger partial charge on any atom is -0.457 e. The highest BCUT2D eigenvalue weighted by molar-refractivity contribution is 7.91. The molecule has 1 fully saturated rings. The predicted molar refractivity (Wildman–Crippen MR) is 95.6 cm³/mol. The molecule has 1 saturated heterocycles. The molecule has 2 rings (SSSR count). The maximum atomic E-state index is 12.4. The Morgan fingerprint density at radius 3 is 2.44 bits per heavy atom. The van der Waals surface area contributed by atoms with Crippen molar-refractivity contribution >= 4 is 21.6 Å². The molecule has 6 nitrogen and oxygen atoms in total. The summed E-state index contributed by atoms with van der Waals surface area (Å²) in [4.78, 5) is 24.2. The molecular formula is C18H27NO5S. The summed E-state index contributed by atoms with van der Waals surface area (Å²) in [6.07, 6.45) is 0.812. The van der Waals surface area contributed by atoms with Gasteiger partial charge < -0.3 is 9.30 Å². The average Bonchev–Trinajstić information content (AvgIpc) is 2.93. The minimum atomic E-state index is -3.00. The number of aryl methyl sites for hydroxylation is 1. The van der Waals surface area contributed by atoms with Gasteiger partial charge in [0.25, 0.3) is 0 Å². The molecule has 7 heteroatoms. The second kappa shape index (κ2) is 6.94. The monoisotopic (exact) mass is 369 g/mol. The van der Waals surface area contributed by atoms with E-state index in [2.05, 4.69) is 0 Å². The van der Waals surface area contributed by atoms with Crippen molar-refractivity contribution in [1.82, 2.24) is 4.57 Å². The van der Waals surface area contributed by atoms with Gasteiger partial charge in [-0.2, -0.15) is 0 Å². The van der Waals surface area contributed by atoms with Gasteiger partial charge >= 0.3 is 5.97 Å². The normalized spacial score (nSPS) is 19.8. The van der Waals surface area contributed by atoms with Gasteiger partial charge in [0.05, 0.1) is 17.9 Å². The van der Waals surface area contributed by atoms with Gasteiger partial charge in [0, 0.05) is 23.0 Å². The summed E-state index contributed by atoms with van der Waals surface area (Å²) in [5, 5.41) is 0. The molecule has 0 N–H and O–H groups in total. The molecule has 1 aromatic rings. The molecule has 0 amide bonds. The first-order valence-electron chi connectivity index (χ1n) is 8.47. The maximum Gasteiger partial charge on any atom is 0.306 e. The first-order valence-corrected chi connectivity index (χ1v) is 10.3. The Labute approximate surface area is 149 Å². The fraction of sp³-hybridized carbons (Fsp3) is 0.667. The van der Waals surface area contributed by atoms with Crippen LogP contribution in [-0.4, -0.2) is 42.9 Å². The number of carbonyl (C=O) groups is 2. The summed E-state index contributed by atoms with van der Waals surface area (Å²) >= 11 is 0. The number of hydrogen-bond donors (Lipinski definition) is 0. The molecule has 0 bridgehead atoms. The molecule has 1 aliphatic rings. The van der Waals surface area contributed by atoms with E-state index in [9.17, 15) is 18.0 Å². The van der Waals surface area contributed by atoms with Crippen LogP contribution in [0.1, 0.15) is 61.4 Å². The van der Waals surface area contributed by atoms with Crippen molar-refractivity contribution in [2.24, 2.45) is 5.41 Å². The number of sulfone groups is 1. The van der Waals surface area contributed by atoms with Crippen molar-refractivity contribution in [3.63, 3.8) is 0 Å². The Kier molecular flexibility index (Phi) is 5.47. The Morgan fingerprint density at radius 1 is 1.28 bits per heavy atom. The summed E-state index contributed by atoms with van der Waals surface area (Å²) in [6, 6.07) is 1.62. The molecule has 25 heavy (non-hydrogen) atoms. The lowest BCUT2D eigenvalue weighted by Gasteiger charge is -2.17. The van der Waals surface area contributed by atoms with Crippen LogP contribution in [-0.2, 0) is 19.4 Å². The van der Waals surface area contributed by atoms with Crippen LogP contribution in [0.25, 0.3) is 0 Å². The second-order valence-corrected chi connectivity index (χ2v) is 10.3. The third-order valence-corrected chi connectivity index (χ3v) is 6.15. The summed E-state index contributed by atoms with van der Waals surface area (Å²) in [6.45, 7) is 9.17. The summed E-state index contributed by atoms with van der Waals surface area (Å²) in [5.41, 5.74) is 1.88. The quantitative estimate of drug-likeness (QED) is 0.588. The van der Waals surface area contributed by atoms with Gasteiger partial charge in [-0.05, 0) is 31.7 Å². The third-order valence-electron chi connectivity index (χ3n) is 4.40. The van der Waals surface area contributed by atoms with Crippen LogP contribution < -0.4 is 0 Å². The maximum absolute atomic E-state index is 12.4. The highest BCUT2D eigenvalue weighted by atomic mass is 32.2. The van der Waals surface area contributed by atoms with E-state index in [4.69, 9.17) is 4.74 Å². The summed E-state index contributed by atoms with van der Waals surface area (Å²) in [7, 11) is -3.00. The number of esters is 1. The predicted octanol–water partition coefficient (Wildman–Crippen LogP) is 2.63. The molecule has 0 aromatic carbocycles. The number of carbonyl (C=O) groups excluding carboxylic acids is 2. The largest absolute Gasteiger partial charge is 0.457 e. The summed E-state index contributed by atoms with van der Waals surface area (Å²) < 4.78 is 30.5. The number of ketones is 1. The Bertz CT molecular complexity index is 783. The van der Waals surface area contributed by atoms with E-state index in [1.165, 1.54) is 0 Å². The van der Waals surface area contributed by atoms with Crippen molar-refractivity contribution in [1.29, 1.82) is 0 Å². The minimum absolute atomic E-state index is 0.109. The van der Waals surface area contributed by atoms with Crippen molar-refractivity contribution in [3.05, 3.63) is 23.0 Å². The standard InChI is InChI=1S/C18H27NO5S/c1-12-8-15(16(20)10-24-17(21)9-18(3,4)5)13(2)19(12)14-6-7-25(22,23)11-14/h8,14H,6-7,9-11H2,1-5H3. The fourth-order valence-corrected chi connectivity index (χ4v) is 5.01. The van der Waals surface area contributed by atoms with Crippen LogP contribution in [0.3, 0.4) is 0 Å². The van der Waals surface area contributed by atoms with E-state index in [1.807, 2.05) is 39.2 Å². The molecular weight excluding hydrogens is 342 g/mol. The van der Waals surface area contributed by atoms with E-state index in [0.717, 1.165) is 11.4 Å². The van der Waals surface area contributed by atoms with Crippen molar-refractivity contribution in [2.45, 2.75) is 53.5 Å². The van der Waals surface area contributed by atoms with E-state index in [1.54, 1.807) is 6.07 Å². The van der Waals surface area contributed by atoms with Gasteiger partial charge in [0.2, 0.25) is 5.78 Å². The zero-order chi connectivity index (χ0) is 19.0. The van der Waals surface area contributed by atoms with Gasteiger partial charge in [0.15, 0.2) is 16.4 Å². The molecule has 1 unspecified atom stereocenters. The van der Waals surface area contributed by atoms with Crippen LogP contribution >= 0.6 is 0 Å². The van der Waals surface area contributed by atoms with E-state index < -0.39 is 15.8 Å².